The average molecular weight is 239 g/mol. The van der Waals surface area contributed by atoms with E-state index < -0.39 is 11.6 Å². The molecule has 0 bridgehead atoms. The molecule has 0 aliphatic heterocycles. The Kier molecular flexibility index (Phi) is 3.43. The van der Waals surface area contributed by atoms with Crippen LogP contribution in [0.4, 0.5) is 8.78 Å². The lowest BCUT2D eigenvalue weighted by Crippen LogP contribution is -2.18. The van der Waals surface area contributed by atoms with Crippen molar-refractivity contribution in [1.29, 1.82) is 0 Å². The van der Waals surface area contributed by atoms with Crippen molar-refractivity contribution in [2.45, 2.75) is 20.4 Å². The average Bonchev–Trinajstić information content (AvgIpc) is 2.68. The first-order valence-corrected chi connectivity index (χ1v) is 5.64. The molecule has 1 N–H and O–H groups in total. The van der Waals surface area contributed by atoms with Crippen LogP contribution in [0, 0.1) is 17.6 Å². The van der Waals surface area contributed by atoms with E-state index in [0.29, 0.717) is 18.0 Å². The molecule has 2 aromatic rings. The molecule has 92 valence electrons. The maximum atomic E-state index is 13.6. The Hall–Kier alpha value is -1.42. The summed E-state index contributed by atoms with van der Waals surface area (Å²) in [5, 5.41) is 3.41. The summed E-state index contributed by atoms with van der Waals surface area (Å²) >= 11 is 0. The normalized spacial score (nSPS) is 11.6. The van der Waals surface area contributed by atoms with E-state index in [1.54, 1.807) is 0 Å². The maximum Gasteiger partial charge on any atom is 0.172 e. The van der Waals surface area contributed by atoms with Gasteiger partial charge in [-0.1, -0.05) is 13.8 Å². The summed E-state index contributed by atoms with van der Waals surface area (Å²) in [5.74, 6) is -0.470. The Bertz CT molecular complexity index is 519. The van der Waals surface area contributed by atoms with Crippen LogP contribution in [0.2, 0.25) is 0 Å². The van der Waals surface area contributed by atoms with Crippen LogP contribution in [-0.4, -0.2) is 6.54 Å². The molecule has 0 aliphatic rings. The SMILES string of the molecule is CC(C)CNCc1coc2c(F)ccc(F)c12. The van der Waals surface area contributed by atoms with E-state index in [0.717, 1.165) is 18.7 Å². The predicted molar refractivity (Wildman–Crippen MR) is 62.7 cm³/mol. The van der Waals surface area contributed by atoms with Crippen molar-refractivity contribution in [2.24, 2.45) is 5.92 Å². The largest absolute Gasteiger partial charge is 0.461 e. The minimum absolute atomic E-state index is 0.00801. The zero-order valence-electron chi connectivity index (χ0n) is 9.89. The number of benzene rings is 1. The molecule has 17 heavy (non-hydrogen) atoms. The quantitative estimate of drug-likeness (QED) is 0.883. The van der Waals surface area contributed by atoms with Crippen LogP contribution in [-0.2, 0) is 6.54 Å². The van der Waals surface area contributed by atoms with E-state index in [-0.39, 0.29) is 11.0 Å². The highest BCUT2D eigenvalue weighted by Gasteiger charge is 2.14. The van der Waals surface area contributed by atoms with Gasteiger partial charge in [0.1, 0.15) is 5.82 Å². The highest BCUT2D eigenvalue weighted by Crippen LogP contribution is 2.26. The van der Waals surface area contributed by atoms with Gasteiger partial charge in [0.25, 0.3) is 0 Å². The Morgan fingerprint density at radius 1 is 1.24 bits per heavy atom. The number of furan rings is 1. The second-order valence-electron chi connectivity index (χ2n) is 4.52. The molecule has 1 heterocycles. The van der Waals surface area contributed by atoms with Crippen LogP contribution in [0.3, 0.4) is 0 Å². The molecule has 0 spiro atoms. The third kappa shape index (κ3) is 2.47. The van der Waals surface area contributed by atoms with E-state index in [9.17, 15) is 8.78 Å². The molecule has 0 radical (unpaired) electrons. The van der Waals surface area contributed by atoms with Gasteiger partial charge < -0.3 is 9.73 Å². The van der Waals surface area contributed by atoms with Gasteiger partial charge in [-0.25, -0.2) is 8.78 Å². The second-order valence-corrected chi connectivity index (χ2v) is 4.52. The van der Waals surface area contributed by atoms with E-state index in [4.69, 9.17) is 4.42 Å². The molecule has 0 aliphatic carbocycles. The first-order valence-electron chi connectivity index (χ1n) is 5.64. The summed E-state index contributed by atoms with van der Waals surface area (Å²) in [6.45, 7) is 5.47. The fourth-order valence-electron chi connectivity index (χ4n) is 1.76. The van der Waals surface area contributed by atoms with Crippen LogP contribution in [0.15, 0.2) is 22.8 Å². The summed E-state index contributed by atoms with van der Waals surface area (Å²) in [4.78, 5) is 0. The third-order valence-electron chi connectivity index (χ3n) is 2.57. The summed E-state index contributed by atoms with van der Waals surface area (Å²) in [7, 11) is 0. The number of rotatable bonds is 4. The lowest BCUT2D eigenvalue weighted by atomic mass is 10.1. The minimum Gasteiger partial charge on any atom is -0.461 e. The third-order valence-corrected chi connectivity index (χ3v) is 2.57. The topological polar surface area (TPSA) is 25.2 Å². The summed E-state index contributed by atoms with van der Waals surface area (Å²) in [6, 6.07) is 2.20. The van der Waals surface area contributed by atoms with E-state index in [1.807, 2.05) is 0 Å². The summed E-state index contributed by atoms with van der Waals surface area (Å²) < 4.78 is 32.0. The van der Waals surface area contributed by atoms with Crippen LogP contribution in [0.25, 0.3) is 11.0 Å². The molecule has 0 amide bonds. The number of halogens is 2. The number of fused-ring (bicyclic) bond motifs is 1. The zero-order chi connectivity index (χ0) is 12.4. The Morgan fingerprint density at radius 2 is 1.94 bits per heavy atom. The van der Waals surface area contributed by atoms with Gasteiger partial charge in [0.15, 0.2) is 11.4 Å². The van der Waals surface area contributed by atoms with Crippen molar-refractivity contribution in [3.8, 4) is 0 Å². The van der Waals surface area contributed by atoms with Gasteiger partial charge in [0, 0.05) is 12.1 Å². The van der Waals surface area contributed by atoms with Gasteiger partial charge in [-0.05, 0) is 24.6 Å². The molecule has 0 unspecified atom stereocenters. The highest BCUT2D eigenvalue weighted by atomic mass is 19.1. The molecule has 2 rings (SSSR count). The molecule has 1 aromatic carbocycles. The number of nitrogens with one attached hydrogen (secondary N) is 1. The van der Waals surface area contributed by atoms with Crippen LogP contribution in [0.5, 0.6) is 0 Å². The van der Waals surface area contributed by atoms with Crippen LogP contribution < -0.4 is 5.32 Å². The smallest absolute Gasteiger partial charge is 0.172 e. The van der Waals surface area contributed by atoms with E-state index >= 15 is 0 Å². The van der Waals surface area contributed by atoms with Crippen molar-refractivity contribution >= 4 is 11.0 Å². The van der Waals surface area contributed by atoms with Gasteiger partial charge >= 0.3 is 0 Å². The van der Waals surface area contributed by atoms with Gasteiger partial charge in [-0.3, -0.25) is 0 Å². The molecule has 2 nitrogen and oxygen atoms in total. The summed E-state index contributed by atoms with van der Waals surface area (Å²) in [5.41, 5.74) is 0.643. The van der Waals surface area contributed by atoms with Crippen LogP contribution >= 0.6 is 0 Å². The standard InChI is InChI=1S/C13H15F2NO/c1-8(2)5-16-6-9-7-17-13-11(15)4-3-10(14)12(9)13/h3-4,7-8,16H,5-6H2,1-2H3. The molecule has 0 saturated carbocycles. The molecule has 1 aromatic heterocycles. The van der Waals surface area contributed by atoms with E-state index in [1.165, 1.54) is 6.26 Å². The van der Waals surface area contributed by atoms with Crippen molar-refractivity contribution < 1.29 is 13.2 Å². The van der Waals surface area contributed by atoms with Gasteiger partial charge in [-0.15, -0.1) is 0 Å². The van der Waals surface area contributed by atoms with Gasteiger partial charge in [-0.2, -0.15) is 0 Å². The molecule has 4 heteroatoms. The Labute approximate surface area is 98.6 Å². The number of hydrogen-bond donors (Lipinski definition) is 1. The molecule has 0 atom stereocenters. The Balaban J connectivity index is 2.26. The van der Waals surface area contributed by atoms with Crippen molar-refractivity contribution in [3.63, 3.8) is 0 Å². The fourth-order valence-corrected chi connectivity index (χ4v) is 1.76. The monoisotopic (exact) mass is 239 g/mol. The highest BCUT2D eigenvalue weighted by molar-refractivity contribution is 5.82. The maximum absolute atomic E-state index is 13.6. The number of hydrogen-bond acceptors (Lipinski definition) is 2. The van der Waals surface area contributed by atoms with Gasteiger partial charge in [0.2, 0.25) is 0 Å². The lowest BCUT2D eigenvalue weighted by Gasteiger charge is -2.06. The molecular formula is C13H15F2NO. The molecule has 0 saturated heterocycles. The van der Waals surface area contributed by atoms with Gasteiger partial charge in [0.05, 0.1) is 11.6 Å². The van der Waals surface area contributed by atoms with Crippen LogP contribution in [0.1, 0.15) is 19.4 Å². The van der Waals surface area contributed by atoms with Crippen molar-refractivity contribution in [2.75, 3.05) is 6.54 Å². The zero-order valence-corrected chi connectivity index (χ0v) is 9.89. The first kappa shape index (κ1) is 12.0. The first-order chi connectivity index (χ1) is 8.09. The van der Waals surface area contributed by atoms with Crippen molar-refractivity contribution in [1.82, 2.24) is 5.32 Å². The molecular weight excluding hydrogens is 224 g/mol. The second kappa shape index (κ2) is 4.84. The molecule has 0 fully saturated rings. The lowest BCUT2D eigenvalue weighted by molar-refractivity contribution is 0.540. The van der Waals surface area contributed by atoms with E-state index in [2.05, 4.69) is 19.2 Å². The fraction of sp³-hybridized carbons (Fsp3) is 0.385. The summed E-state index contributed by atoms with van der Waals surface area (Å²) in [6.07, 6.45) is 1.41. The predicted octanol–water partition coefficient (Wildman–Crippen LogP) is 3.46. The van der Waals surface area contributed by atoms with Crippen molar-refractivity contribution in [3.05, 3.63) is 35.6 Å². The Morgan fingerprint density at radius 3 is 2.65 bits per heavy atom. The minimum atomic E-state index is -0.531.